The van der Waals surface area contributed by atoms with E-state index in [-0.39, 0.29) is 5.82 Å². The van der Waals surface area contributed by atoms with Crippen LogP contribution in [0, 0.1) is 5.82 Å². The Morgan fingerprint density at radius 2 is 1.65 bits per heavy atom. The molecule has 1 aromatic heterocycles. The van der Waals surface area contributed by atoms with E-state index in [0.29, 0.717) is 6.04 Å². The number of halogens is 1. The average molecular weight is 356 g/mol. The molecule has 138 valence electrons. The predicted molar refractivity (Wildman–Crippen MR) is 103 cm³/mol. The third-order valence-electron chi connectivity index (χ3n) is 5.25. The lowest BCUT2D eigenvalue weighted by molar-refractivity contribution is 0.156. The van der Waals surface area contributed by atoms with E-state index in [1.807, 2.05) is 43.4 Å². The summed E-state index contributed by atoms with van der Waals surface area (Å²) in [6.45, 7) is 5.99. The summed E-state index contributed by atoms with van der Waals surface area (Å²) in [4.78, 5) is 18.1. The van der Waals surface area contributed by atoms with Crippen molar-refractivity contribution in [1.82, 2.24) is 14.9 Å². The highest BCUT2D eigenvalue weighted by molar-refractivity contribution is 5.47. The second-order valence-corrected chi connectivity index (χ2v) is 7.17. The lowest BCUT2D eigenvalue weighted by Crippen LogP contribution is -2.63. The molecule has 0 N–H and O–H groups in total. The van der Waals surface area contributed by atoms with E-state index in [4.69, 9.17) is 0 Å². The molecule has 26 heavy (non-hydrogen) atoms. The molecule has 1 aromatic carbocycles. The second kappa shape index (κ2) is 7.07. The average Bonchev–Trinajstić information content (AvgIpc) is 2.62. The van der Waals surface area contributed by atoms with E-state index in [9.17, 15) is 4.39 Å². The molecule has 6 nitrogen and oxygen atoms in total. The molecule has 4 rings (SSSR count). The third-order valence-corrected chi connectivity index (χ3v) is 5.25. The Labute approximate surface area is 153 Å². The molecule has 0 saturated carbocycles. The maximum absolute atomic E-state index is 13.1. The Hall–Kier alpha value is -2.41. The zero-order valence-corrected chi connectivity index (χ0v) is 15.3. The third kappa shape index (κ3) is 3.44. The molecule has 7 heteroatoms. The first kappa shape index (κ1) is 17.0. The molecule has 0 radical (unpaired) electrons. The molecule has 0 amide bonds. The van der Waals surface area contributed by atoms with E-state index in [1.165, 1.54) is 12.1 Å². The quantitative estimate of drug-likeness (QED) is 0.830. The van der Waals surface area contributed by atoms with Gasteiger partial charge in [0.15, 0.2) is 0 Å². The lowest BCUT2D eigenvalue weighted by Gasteiger charge is -2.48. The van der Waals surface area contributed by atoms with Gasteiger partial charge in [0.1, 0.15) is 11.6 Å². The summed E-state index contributed by atoms with van der Waals surface area (Å²) < 4.78 is 13.1. The first-order valence-electron chi connectivity index (χ1n) is 9.10. The van der Waals surface area contributed by atoms with Crippen LogP contribution in [0.5, 0.6) is 0 Å². The molecule has 2 fully saturated rings. The van der Waals surface area contributed by atoms with Crippen molar-refractivity contribution in [3.05, 3.63) is 42.3 Å². The minimum atomic E-state index is -0.178. The Bertz CT molecular complexity index is 736. The van der Waals surface area contributed by atoms with Gasteiger partial charge in [0, 0.05) is 71.3 Å². The number of nitrogens with zero attached hydrogens (tertiary/aromatic N) is 6. The monoisotopic (exact) mass is 356 g/mol. The van der Waals surface area contributed by atoms with Crippen LogP contribution in [0.15, 0.2) is 36.5 Å². The largest absolute Gasteiger partial charge is 0.369 e. The van der Waals surface area contributed by atoms with Crippen LogP contribution in [0.2, 0.25) is 0 Å². The number of benzene rings is 1. The fraction of sp³-hybridized carbons (Fsp3) is 0.474. The summed E-state index contributed by atoms with van der Waals surface area (Å²) >= 11 is 0. The van der Waals surface area contributed by atoms with E-state index in [1.54, 1.807) is 0 Å². The van der Waals surface area contributed by atoms with Crippen molar-refractivity contribution in [3.63, 3.8) is 0 Å². The highest BCUT2D eigenvalue weighted by Crippen LogP contribution is 2.24. The summed E-state index contributed by atoms with van der Waals surface area (Å²) in [5.41, 5.74) is 1.11. The van der Waals surface area contributed by atoms with Gasteiger partial charge >= 0.3 is 0 Å². The van der Waals surface area contributed by atoms with Gasteiger partial charge in [-0.3, -0.25) is 4.90 Å². The number of anilines is 3. The van der Waals surface area contributed by atoms with Gasteiger partial charge in [0.25, 0.3) is 0 Å². The van der Waals surface area contributed by atoms with Gasteiger partial charge in [-0.15, -0.1) is 0 Å². The van der Waals surface area contributed by atoms with E-state index >= 15 is 0 Å². The number of aromatic nitrogens is 2. The topological polar surface area (TPSA) is 38.7 Å². The molecular weight excluding hydrogens is 331 g/mol. The SMILES string of the molecule is CN(C)c1ccnc(N2CC(N3CCN(c4ccc(F)cc4)CC3)C2)n1. The van der Waals surface area contributed by atoms with Gasteiger partial charge in [-0.1, -0.05) is 0 Å². The fourth-order valence-electron chi connectivity index (χ4n) is 3.59. The first-order valence-corrected chi connectivity index (χ1v) is 9.10. The van der Waals surface area contributed by atoms with E-state index in [0.717, 1.165) is 56.7 Å². The maximum atomic E-state index is 13.1. The normalized spacial score (nSPS) is 18.7. The minimum Gasteiger partial charge on any atom is -0.369 e. The number of hydrogen-bond acceptors (Lipinski definition) is 6. The fourth-order valence-corrected chi connectivity index (χ4v) is 3.59. The van der Waals surface area contributed by atoms with Gasteiger partial charge in [-0.25, -0.2) is 9.37 Å². The predicted octanol–water partition coefficient (Wildman–Crippen LogP) is 1.69. The molecule has 0 aliphatic carbocycles. The summed E-state index contributed by atoms with van der Waals surface area (Å²) in [6.07, 6.45) is 1.83. The molecule has 0 unspecified atom stereocenters. The van der Waals surface area contributed by atoms with Crippen LogP contribution in [0.25, 0.3) is 0 Å². The highest BCUT2D eigenvalue weighted by Gasteiger charge is 2.35. The van der Waals surface area contributed by atoms with Crippen molar-refractivity contribution in [2.45, 2.75) is 6.04 Å². The summed E-state index contributed by atoms with van der Waals surface area (Å²) in [5, 5.41) is 0. The molecule has 2 saturated heterocycles. The zero-order valence-electron chi connectivity index (χ0n) is 15.3. The molecule has 2 aliphatic rings. The van der Waals surface area contributed by atoms with E-state index < -0.39 is 0 Å². The van der Waals surface area contributed by atoms with Crippen LogP contribution >= 0.6 is 0 Å². The molecule has 2 aromatic rings. The Morgan fingerprint density at radius 1 is 0.962 bits per heavy atom. The molecule has 0 bridgehead atoms. The van der Waals surface area contributed by atoms with Crippen molar-refractivity contribution in [2.75, 3.05) is 68.1 Å². The number of rotatable bonds is 4. The zero-order chi connectivity index (χ0) is 18.1. The molecule has 0 spiro atoms. The number of piperazine rings is 1. The molecule has 0 atom stereocenters. The smallest absolute Gasteiger partial charge is 0.227 e. The standard InChI is InChI=1S/C19H25FN6/c1-23(2)18-7-8-21-19(22-18)26-13-17(14-26)25-11-9-24(10-12-25)16-5-3-15(20)4-6-16/h3-8,17H,9-14H2,1-2H3. The lowest BCUT2D eigenvalue weighted by atomic mass is 10.1. The van der Waals surface area contributed by atoms with Gasteiger partial charge in [-0.2, -0.15) is 4.98 Å². The van der Waals surface area contributed by atoms with Crippen LogP contribution in [0.1, 0.15) is 0 Å². The van der Waals surface area contributed by atoms with Crippen LogP contribution in [0.3, 0.4) is 0 Å². The van der Waals surface area contributed by atoms with Gasteiger partial charge < -0.3 is 14.7 Å². The Kier molecular flexibility index (Phi) is 4.63. The Morgan fingerprint density at radius 3 is 2.31 bits per heavy atom. The van der Waals surface area contributed by atoms with Crippen LogP contribution in [-0.4, -0.2) is 74.3 Å². The molecule has 3 heterocycles. The van der Waals surface area contributed by atoms with Gasteiger partial charge in [0.05, 0.1) is 0 Å². The maximum Gasteiger partial charge on any atom is 0.227 e. The van der Waals surface area contributed by atoms with Crippen molar-refractivity contribution in [2.24, 2.45) is 0 Å². The van der Waals surface area contributed by atoms with Crippen molar-refractivity contribution < 1.29 is 4.39 Å². The number of hydrogen-bond donors (Lipinski definition) is 0. The van der Waals surface area contributed by atoms with Crippen molar-refractivity contribution >= 4 is 17.5 Å². The van der Waals surface area contributed by atoms with Crippen molar-refractivity contribution in [3.8, 4) is 0 Å². The molecular formula is C19H25FN6. The summed E-state index contributed by atoms with van der Waals surface area (Å²) in [7, 11) is 3.98. The molecule has 2 aliphatic heterocycles. The van der Waals surface area contributed by atoms with Crippen LogP contribution < -0.4 is 14.7 Å². The summed E-state index contributed by atoms with van der Waals surface area (Å²) in [6, 6.07) is 9.30. The van der Waals surface area contributed by atoms with E-state index in [2.05, 4.69) is 24.7 Å². The first-order chi connectivity index (χ1) is 12.6. The summed E-state index contributed by atoms with van der Waals surface area (Å²) in [5.74, 6) is 1.58. The Balaban J connectivity index is 1.29. The van der Waals surface area contributed by atoms with Gasteiger partial charge in [0.2, 0.25) is 5.95 Å². The van der Waals surface area contributed by atoms with Crippen molar-refractivity contribution in [1.29, 1.82) is 0 Å². The highest BCUT2D eigenvalue weighted by atomic mass is 19.1. The van der Waals surface area contributed by atoms with Crippen LogP contribution in [0.4, 0.5) is 21.8 Å². The second-order valence-electron chi connectivity index (χ2n) is 7.17. The minimum absolute atomic E-state index is 0.178. The van der Waals surface area contributed by atoms with Crippen LogP contribution in [-0.2, 0) is 0 Å². The van der Waals surface area contributed by atoms with Gasteiger partial charge in [-0.05, 0) is 30.3 Å².